The number of carbonyl (C=O) groups excluding carboxylic acids is 1. The highest BCUT2D eigenvalue weighted by molar-refractivity contribution is 5.89. The molecule has 1 fully saturated rings. The van der Waals surface area contributed by atoms with Gasteiger partial charge in [-0.25, -0.2) is 0 Å². The summed E-state index contributed by atoms with van der Waals surface area (Å²) in [5.41, 5.74) is 7.58. The fourth-order valence-electron chi connectivity index (χ4n) is 4.32. The molecule has 27 heavy (non-hydrogen) atoms. The molecule has 1 aliphatic heterocycles. The number of hydrogen-bond acceptors (Lipinski definition) is 4. The van der Waals surface area contributed by atoms with Gasteiger partial charge in [-0.05, 0) is 25.0 Å². The molecule has 1 aromatic heterocycles. The highest BCUT2D eigenvalue weighted by Gasteiger charge is 2.63. The van der Waals surface area contributed by atoms with E-state index >= 15 is 0 Å². The molecule has 0 bridgehead atoms. The highest BCUT2D eigenvalue weighted by Crippen LogP contribution is 2.51. The van der Waals surface area contributed by atoms with Crippen LogP contribution in [0.25, 0.3) is 11.3 Å². The van der Waals surface area contributed by atoms with Crippen LogP contribution in [0.15, 0.2) is 40.8 Å². The lowest BCUT2D eigenvalue weighted by Gasteiger charge is -2.58. The maximum Gasteiger partial charge on any atom is 0.243 e. The van der Waals surface area contributed by atoms with Gasteiger partial charge in [-0.15, -0.1) is 0 Å². The summed E-state index contributed by atoms with van der Waals surface area (Å²) < 4.78 is 11.9. The van der Waals surface area contributed by atoms with Crippen LogP contribution >= 0.6 is 0 Å². The Morgan fingerprint density at radius 1 is 1.33 bits per heavy atom. The molecule has 4 rings (SSSR count). The van der Waals surface area contributed by atoms with Gasteiger partial charge in [-0.1, -0.05) is 44.2 Å². The molecule has 2 heterocycles. The molecule has 5 nitrogen and oxygen atoms in total. The Balaban J connectivity index is 1.52. The minimum atomic E-state index is -0.876. The van der Waals surface area contributed by atoms with Gasteiger partial charge in [0, 0.05) is 30.6 Å². The van der Waals surface area contributed by atoms with Crippen molar-refractivity contribution in [2.45, 2.75) is 51.8 Å². The van der Waals surface area contributed by atoms with Crippen molar-refractivity contribution in [1.82, 2.24) is 4.90 Å². The summed E-state index contributed by atoms with van der Waals surface area (Å²) in [6.07, 6.45) is 1.40. The Hall–Kier alpha value is -2.11. The molecular formula is C22H28N2O3. The van der Waals surface area contributed by atoms with E-state index in [9.17, 15) is 4.79 Å². The summed E-state index contributed by atoms with van der Waals surface area (Å²) >= 11 is 0. The molecule has 2 aliphatic rings. The molecule has 2 aromatic rings. The summed E-state index contributed by atoms with van der Waals surface area (Å²) in [6.45, 7) is 7.83. The smallest absolute Gasteiger partial charge is 0.243 e. The molecule has 144 valence electrons. The van der Waals surface area contributed by atoms with Crippen LogP contribution < -0.4 is 5.73 Å². The number of amides is 1. The normalized spacial score (nSPS) is 26.4. The van der Waals surface area contributed by atoms with Crippen LogP contribution in [-0.2, 0) is 22.5 Å². The van der Waals surface area contributed by atoms with Gasteiger partial charge >= 0.3 is 0 Å². The molecule has 2 unspecified atom stereocenters. The Kier molecular flexibility index (Phi) is 4.40. The molecule has 5 heteroatoms. The van der Waals surface area contributed by atoms with Gasteiger partial charge in [0.1, 0.15) is 17.1 Å². The molecule has 1 saturated carbocycles. The van der Waals surface area contributed by atoms with Crippen molar-refractivity contribution in [3.05, 3.63) is 47.7 Å². The fraction of sp³-hybridized carbons (Fsp3) is 0.500. The van der Waals surface area contributed by atoms with Crippen LogP contribution in [0.3, 0.4) is 0 Å². The summed E-state index contributed by atoms with van der Waals surface area (Å²) in [7, 11) is 0. The van der Waals surface area contributed by atoms with Crippen LogP contribution in [0, 0.1) is 5.41 Å². The van der Waals surface area contributed by atoms with Crippen molar-refractivity contribution in [3.63, 3.8) is 0 Å². The number of nitrogens with two attached hydrogens (primary N) is 1. The molecule has 2 atom stereocenters. The number of carbonyl (C=O) groups is 1. The van der Waals surface area contributed by atoms with Crippen LogP contribution in [0.4, 0.5) is 0 Å². The predicted octanol–water partition coefficient (Wildman–Crippen LogP) is 3.36. The topological polar surface area (TPSA) is 68.7 Å². The second-order valence-corrected chi connectivity index (χ2v) is 8.24. The van der Waals surface area contributed by atoms with E-state index in [2.05, 4.69) is 6.07 Å². The van der Waals surface area contributed by atoms with E-state index in [1.807, 2.05) is 56.0 Å². The Morgan fingerprint density at radius 2 is 2.07 bits per heavy atom. The van der Waals surface area contributed by atoms with Crippen molar-refractivity contribution in [2.24, 2.45) is 11.1 Å². The zero-order valence-corrected chi connectivity index (χ0v) is 16.3. The standard InChI is InChI=1S/C22H28N2O3/c1-4-26-19-13-22(23,21(19,2)3)20(25)24-11-10-16-12-17(27-18(16)14-24)15-8-6-5-7-9-15/h5-9,12,19H,4,10-11,13-14,23H2,1-3H3. The average molecular weight is 368 g/mol. The third kappa shape index (κ3) is 2.80. The van der Waals surface area contributed by atoms with Gasteiger partial charge < -0.3 is 19.8 Å². The van der Waals surface area contributed by atoms with E-state index < -0.39 is 5.54 Å². The number of furan rings is 1. The van der Waals surface area contributed by atoms with Gasteiger partial charge in [0.25, 0.3) is 0 Å². The van der Waals surface area contributed by atoms with Gasteiger partial charge in [-0.2, -0.15) is 0 Å². The lowest BCUT2D eigenvalue weighted by Crippen LogP contribution is -2.76. The number of ether oxygens (including phenoxy) is 1. The van der Waals surface area contributed by atoms with Crippen molar-refractivity contribution in [1.29, 1.82) is 0 Å². The zero-order valence-electron chi connectivity index (χ0n) is 16.3. The maximum absolute atomic E-state index is 13.3. The van der Waals surface area contributed by atoms with Crippen molar-refractivity contribution < 1.29 is 13.9 Å². The summed E-state index contributed by atoms with van der Waals surface area (Å²) in [4.78, 5) is 15.1. The number of nitrogens with zero attached hydrogens (tertiary/aromatic N) is 1. The molecular weight excluding hydrogens is 340 g/mol. The zero-order chi connectivity index (χ0) is 19.2. The van der Waals surface area contributed by atoms with Crippen LogP contribution in [-0.4, -0.2) is 35.6 Å². The number of hydrogen-bond donors (Lipinski definition) is 1. The van der Waals surface area contributed by atoms with Crippen molar-refractivity contribution in [3.8, 4) is 11.3 Å². The summed E-state index contributed by atoms with van der Waals surface area (Å²) in [5.74, 6) is 1.74. The first-order valence-electron chi connectivity index (χ1n) is 9.73. The average Bonchev–Trinajstić information content (AvgIpc) is 3.11. The number of benzene rings is 1. The summed E-state index contributed by atoms with van der Waals surface area (Å²) in [6, 6.07) is 12.2. The number of fused-ring (bicyclic) bond motifs is 1. The first-order chi connectivity index (χ1) is 12.9. The first-order valence-corrected chi connectivity index (χ1v) is 9.73. The van der Waals surface area contributed by atoms with E-state index in [4.69, 9.17) is 14.9 Å². The minimum absolute atomic E-state index is 0.00626. The Labute approximate surface area is 160 Å². The molecule has 1 aromatic carbocycles. The van der Waals surface area contributed by atoms with E-state index in [1.165, 1.54) is 5.56 Å². The first kappa shape index (κ1) is 18.3. The highest BCUT2D eigenvalue weighted by atomic mass is 16.5. The molecule has 1 amide bonds. The largest absolute Gasteiger partial charge is 0.459 e. The fourth-order valence-corrected chi connectivity index (χ4v) is 4.32. The van der Waals surface area contributed by atoms with E-state index in [0.717, 1.165) is 23.5 Å². The van der Waals surface area contributed by atoms with E-state index in [0.29, 0.717) is 26.1 Å². The maximum atomic E-state index is 13.3. The third-order valence-corrected chi connectivity index (χ3v) is 6.44. The third-order valence-electron chi connectivity index (χ3n) is 6.44. The molecule has 0 radical (unpaired) electrons. The predicted molar refractivity (Wildman–Crippen MR) is 104 cm³/mol. The minimum Gasteiger partial charge on any atom is -0.459 e. The van der Waals surface area contributed by atoms with Gasteiger partial charge in [0.05, 0.1) is 12.6 Å². The lowest BCUT2D eigenvalue weighted by atomic mass is 9.54. The molecule has 1 aliphatic carbocycles. The van der Waals surface area contributed by atoms with Gasteiger partial charge in [0.15, 0.2) is 0 Å². The Bertz CT molecular complexity index is 842. The second-order valence-electron chi connectivity index (χ2n) is 8.24. The van der Waals surface area contributed by atoms with Crippen molar-refractivity contribution in [2.75, 3.05) is 13.2 Å². The molecule has 2 N–H and O–H groups in total. The van der Waals surface area contributed by atoms with Gasteiger partial charge in [-0.3, -0.25) is 4.79 Å². The Morgan fingerprint density at radius 3 is 2.74 bits per heavy atom. The lowest BCUT2D eigenvalue weighted by molar-refractivity contribution is -0.180. The number of rotatable bonds is 4. The van der Waals surface area contributed by atoms with E-state index in [1.54, 1.807) is 0 Å². The van der Waals surface area contributed by atoms with Gasteiger partial charge in [0.2, 0.25) is 5.91 Å². The second kappa shape index (κ2) is 6.50. The molecule has 0 spiro atoms. The quantitative estimate of drug-likeness (QED) is 0.898. The van der Waals surface area contributed by atoms with Crippen LogP contribution in [0.2, 0.25) is 0 Å². The molecule has 0 saturated heterocycles. The van der Waals surface area contributed by atoms with Crippen LogP contribution in [0.1, 0.15) is 38.5 Å². The monoisotopic (exact) mass is 368 g/mol. The van der Waals surface area contributed by atoms with E-state index in [-0.39, 0.29) is 17.4 Å². The van der Waals surface area contributed by atoms with Crippen LogP contribution in [0.5, 0.6) is 0 Å². The summed E-state index contributed by atoms with van der Waals surface area (Å²) in [5, 5.41) is 0. The van der Waals surface area contributed by atoms with Crippen molar-refractivity contribution >= 4 is 5.91 Å². The SMILES string of the molecule is CCOC1CC(N)(C(=O)N2CCc3cc(-c4ccccc4)oc3C2)C1(C)C.